The van der Waals surface area contributed by atoms with Crippen LogP contribution in [0.5, 0.6) is 5.75 Å². The smallest absolute Gasteiger partial charge is 0.353 e. The van der Waals surface area contributed by atoms with Gasteiger partial charge in [-0.15, -0.1) is 11.8 Å². The zero-order valence-electron chi connectivity index (χ0n) is 12.9. The van der Waals surface area contributed by atoms with Crippen molar-refractivity contribution in [1.82, 2.24) is 14.6 Å². The predicted octanol–water partition coefficient (Wildman–Crippen LogP) is 1.52. The molecule has 3 rings (SSSR count). The second-order valence-corrected chi connectivity index (χ2v) is 5.72. The van der Waals surface area contributed by atoms with Crippen LogP contribution in [0.25, 0.3) is 5.65 Å². The van der Waals surface area contributed by atoms with Gasteiger partial charge in [0.2, 0.25) is 0 Å². The number of benzene rings is 1. The summed E-state index contributed by atoms with van der Waals surface area (Å²) in [5, 5.41) is 14.9. The molecule has 0 aliphatic rings. The predicted molar refractivity (Wildman–Crippen MR) is 93.0 cm³/mol. The molecule has 0 saturated carbocycles. The summed E-state index contributed by atoms with van der Waals surface area (Å²) >= 11 is 1.55. The van der Waals surface area contributed by atoms with E-state index in [1.54, 1.807) is 22.5 Å². The van der Waals surface area contributed by atoms with Crippen molar-refractivity contribution in [3.63, 3.8) is 0 Å². The maximum atomic E-state index is 9.72. The minimum Gasteiger partial charge on any atom is -0.494 e. The van der Waals surface area contributed by atoms with E-state index < -0.39 is 6.71 Å². The highest BCUT2D eigenvalue weighted by Gasteiger charge is 2.24. The lowest BCUT2D eigenvalue weighted by Gasteiger charge is -2.11. The van der Waals surface area contributed by atoms with E-state index in [1.165, 1.54) is 0 Å². The molecule has 0 saturated heterocycles. The summed E-state index contributed by atoms with van der Waals surface area (Å²) in [6, 6.07) is 11.4. The van der Waals surface area contributed by atoms with Crippen LogP contribution in [-0.4, -0.2) is 34.2 Å². The van der Waals surface area contributed by atoms with Gasteiger partial charge in [-0.3, -0.25) is 0 Å². The van der Waals surface area contributed by atoms with Gasteiger partial charge in [-0.1, -0.05) is 17.6 Å². The molecule has 0 unspecified atom stereocenters. The zero-order chi connectivity index (χ0) is 16.2. The van der Waals surface area contributed by atoms with Crippen molar-refractivity contribution in [1.29, 1.82) is 5.26 Å². The van der Waals surface area contributed by atoms with Crippen molar-refractivity contribution in [3.05, 3.63) is 42.6 Å². The molecule has 2 heterocycles. The number of thioether (sulfide) groups is 1. The number of nitriles is 1. The summed E-state index contributed by atoms with van der Waals surface area (Å²) in [6.45, 7) is 2.15. The highest BCUT2D eigenvalue weighted by atomic mass is 32.2. The Hall–Kier alpha value is -2.46. The Morgan fingerprint density at radius 1 is 1.30 bits per heavy atom. The number of ether oxygens (including phenoxy) is 1. The van der Waals surface area contributed by atoms with E-state index in [1.807, 2.05) is 49.6 Å². The van der Waals surface area contributed by atoms with Crippen LogP contribution in [0, 0.1) is 11.2 Å². The normalized spacial score (nSPS) is 10.5. The molecule has 0 atom stereocenters. The molecular formula is C16H15BN4OS. The Bertz CT molecular complexity index is 857. The SMILES string of the molecule is CCOc1ccc(B(C#N)c2cc(SC)nc3ccnn23)cc1. The molecule has 0 radical (unpaired) electrons. The summed E-state index contributed by atoms with van der Waals surface area (Å²) in [5.74, 6) is 3.18. The number of aromatic nitrogens is 3. The van der Waals surface area contributed by atoms with Crippen LogP contribution in [0.1, 0.15) is 6.92 Å². The molecule has 2 aromatic heterocycles. The van der Waals surface area contributed by atoms with E-state index in [9.17, 15) is 5.26 Å². The maximum Gasteiger partial charge on any atom is 0.353 e. The summed E-state index contributed by atoms with van der Waals surface area (Å²) in [4.78, 5) is 4.50. The average Bonchev–Trinajstić information content (AvgIpc) is 3.05. The lowest BCUT2D eigenvalue weighted by Crippen LogP contribution is -2.45. The van der Waals surface area contributed by atoms with Gasteiger partial charge >= 0.3 is 6.71 Å². The van der Waals surface area contributed by atoms with Gasteiger partial charge in [0, 0.05) is 17.6 Å². The van der Waals surface area contributed by atoms with Gasteiger partial charge in [0.05, 0.1) is 17.8 Å². The fraction of sp³-hybridized carbons (Fsp3) is 0.188. The van der Waals surface area contributed by atoms with Gasteiger partial charge in [-0.25, -0.2) is 14.8 Å². The van der Waals surface area contributed by atoms with Gasteiger partial charge < -0.3 is 4.74 Å². The number of hydrogen-bond donors (Lipinski definition) is 0. The molecule has 0 bridgehead atoms. The standard InChI is InChI=1S/C16H15BN4OS/c1-3-22-13-6-4-12(5-7-13)17(11-18)14-10-16(23-2)20-15-8-9-19-21(14)15/h4-10H,3H2,1-2H3. The third-order valence-corrected chi connectivity index (χ3v) is 4.15. The van der Waals surface area contributed by atoms with E-state index in [2.05, 4.69) is 16.1 Å². The second kappa shape index (κ2) is 6.76. The van der Waals surface area contributed by atoms with Crippen molar-refractivity contribution < 1.29 is 4.74 Å². The minimum atomic E-state index is -0.415. The largest absolute Gasteiger partial charge is 0.494 e. The van der Waals surface area contributed by atoms with Crippen LogP contribution < -0.4 is 15.8 Å². The number of rotatable bonds is 5. The first-order valence-corrected chi connectivity index (χ1v) is 8.50. The number of fused-ring (bicyclic) bond motifs is 1. The molecule has 5 nitrogen and oxygen atoms in total. The van der Waals surface area contributed by atoms with Crippen molar-refractivity contribution in [2.24, 2.45) is 0 Å². The van der Waals surface area contributed by atoms with Crippen molar-refractivity contribution in [2.75, 3.05) is 12.9 Å². The topological polar surface area (TPSA) is 63.2 Å². The van der Waals surface area contributed by atoms with E-state index in [4.69, 9.17) is 4.74 Å². The molecule has 0 amide bonds. The van der Waals surface area contributed by atoms with Gasteiger partial charge in [-0.05, 0) is 31.4 Å². The number of nitrogens with zero attached hydrogens (tertiary/aromatic N) is 4. The molecule has 23 heavy (non-hydrogen) atoms. The summed E-state index contributed by atoms with van der Waals surface area (Å²) in [7, 11) is 0. The Kier molecular flexibility index (Phi) is 4.53. The van der Waals surface area contributed by atoms with Crippen LogP contribution in [0.3, 0.4) is 0 Å². The molecule has 0 fully saturated rings. The minimum absolute atomic E-state index is 0.415. The van der Waals surface area contributed by atoms with E-state index in [-0.39, 0.29) is 0 Å². The van der Waals surface area contributed by atoms with Crippen LogP contribution in [0.2, 0.25) is 0 Å². The third kappa shape index (κ3) is 3.03. The highest BCUT2D eigenvalue weighted by Crippen LogP contribution is 2.12. The summed E-state index contributed by atoms with van der Waals surface area (Å²) in [5.41, 5.74) is 2.47. The first-order valence-electron chi connectivity index (χ1n) is 7.28. The van der Waals surface area contributed by atoms with E-state index in [0.717, 1.165) is 27.5 Å². The van der Waals surface area contributed by atoms with Crippen molar-refractivity contribution >= 4 is 35.2 Å². The van der Waals surface area contributed by atoms with Gasteiger partial charge in [0.1, 0.15) is 5.75 Å². The van der Waals surface area contributed by atoms with Crippen LogP contribution >= 0.6 is 11.8 Å². The number of hydrogen-bond acceptors (Lipinski definition) is 5. The third-order valence-electron chi connectivity index (χ3n) is 3.52. The maximum absolute atomic E-state index is 9.72. The molecule has 0 aliphatic heterocycles. The highest BCUT2D eigenvalue weighted by molar-refractivity contribution is 7.98. The lowest BCUT2D eigenvalue weighted by molar-refractivity contribution is 0.340. The first kappa shape index (κ1) is 15.4. The average molecular weight is 322 g/mol. The van der Waals surface area contributed by atoms with Crippen LogP contribution in [0.15, 0.2) is 47.6 Å². The van der Waals surface area contributed by atoms with E-state index >= 15 is 0 Å². The zero-order valence-corrected chi connectivity index (χ0v) is 13.7. The first-order chi connectivity index (χ1) is 11.3. The molecular weight excluding hydrogens is 307 g/mol. The Labute approximate surface area is 139 Å². The molecule has 0 aliphatic carbocycles. The summed E-state index contributed by atoms with van der Waals surface area (Å²) < 4.78 is 7.19. The Balaban J connectivity index is 2.07. The van der Waals surface area contributed by atoms with Gasteiger partial charge in [0.25, 0.3) is 0 Å². The molecule has 3 aromatic rings. The quantitative estimate of drug-likeness (QED) is 0.405. The van der Waals surface area contributed by atoms with Gasteiger partial charge in [-0.2, -0.15) is 5.10 Å². The molecule has 1 aromatic carbocycles. The van der Waals surface area contributed by atoms with Crippen molar-refractivity contribution in [2.45, 2.75) is 11.9 Å². The second-order valence-electron chi connectivity index (χ2n) is 4.89. The monoisotopic (exact) mass is 322 g/mol. The summed E-state index contributed by atoms with van der Waals surface area (Å²) in [6.07, 6.45) is 3.67. The Morgan fingerprint density at radius 2 is 2.09 bits per heavy atom. The Morgan fingerprint density at radius 3 is 2.74 bits per heavy atom. The fourth-order valence-corrected chi connectivity index (χ4v) is 2.88. The molecule has 7 heteroatoms. The van der Waals surface area contributed by atoms with Crippen molar-refractivity contribution in [3.8, 4) is 11.7 Å². The lowest BCUT2D eigenvalue weighted by atomic mass is 9.44. The molecule has 0 spiro atoms. The van der Waals surface area contributed by atoms with Crippen LogP contribution in [-0.2, 0) is 0 Å². The van der Waals surface area contributed by atoms with Crippen LogP contribution in [0.4, 0.5) is 0 Å². The van der Waals surface area contributed by atoms with Gasteiger partial charge in [0.15, 0.2) is 5.65 Å². The van der Waals surface area contributed by atoms with E-state index in [0.29, 0.717) is 6.61 Å². The fourth-order valence-electron chi connectivity index (χ4n) is 2.46. The molecule has 114 valence electrons. The molecule has 0 N–H and O–H groups in total.